The second-order valence-corrected chi connectivity index (χ2v) is 4.10. The first-order valence-electron chi connectivity index (χ1n) is 5.41. The van der Waals surface area contributed by atoms with Crippen molar-refractivity contribution in [2.75, 3.05) is 13.7 Å². The first-order valence-corrected chi connectivity index (χ1v) is 5.41. The van der Waals surface area contributed by atoms with E-state index in [2.05, 4.69) is 0 Å². The van der Waals surface area contributed by atoms with Crippen LogP contribution in [-0.4, -0.2) is 24.7 Å². The summed E-state index contributed by atoms with van der Waals surface area (Å²) < 4.78 is 44.9. The molecule has 0 aliphatic carbocycles. The van der Waals surface area contributed by atoms with Crippen LogP contribution in [0.1, 0.15) is 24.0 Å². The minimum Gasteiger partial charge on any atom is -0.493 e. The van der Waals surface area contributed by atoms with Gasteiger partial charge in [0.1, 0.15) is 0 Å². The fraction of sp³-hybridized carbons (Fsp3) is 0.417. The normalized spacial score (nSPS) is 13.2. The highest BCUT2D eigenvalue weighted by molar-refractivity contribution is 5.77. The quantitative estimate of drug-likeness (QED) is 0.864. The summed E-state index contributed by atoms with van der Waals surface area (Å²) in [7, 11) is 1.13. The van der Waals surface area contributed by atoms with Gasteiger partial charge in [-0.1, -0.05) is 0 Å². The third-order valence-corrected chi connectivity index (χ3v) is 2.69. The smallest absolute Gasteiger partial charge is 0.312 e. The number of ether oxygens (including phenoxy) is 1. The molecular weight excluding hydrogens is 263 g/mol. The van der Waals surface area contributed by atoms with Gasteiger partial charge in [0.2, 0.25) is 0 Å². The third-order valence-electron chi connectivity index (χ3n) is 2.69. The van der Waals surface area contributed by atoms with Crippen LogP contribution in [0, 0.1) is 5.82 Å². The summed E-state index contributed by atoms with van der Waals surface area (Å²) in [5, 5.41) is 8.99. The average molecular weight is 277 g/mol. The summed E-state index contributed by atoms with van der Waals surface area (Å²) in [6, 6.07) is 1.53. The Morgan fingerprint density at radius 2 is 2.11 bits per heavy atom. The Bertz CT molecular complexity index is 486. The fourth-order valence-electron chi connectivity index (χ4n) is 1.70. The number of halogens is 3. The highest BCUT2D eigenvalue weighted by Gasteiger charge is 2.31. The maximum Gasteiger partial charge on any atom is 0.312 e. The van der Waals surface area contributed by atoms with Gasteiger partial charge in [-0.2, -0.15) is 0 Å². The summed E-state index contributed by atoms with van der Waals surface area (Å²) in [4.78, 5) is 11.0. The third kappa shape index (κ3) is 3.17. The van der Waals surface area contributed by atoms with Crippen LogP contribution in [-0.2, 0) is 10.7 Å². The van der Waals surface area contributed by atoms with Crippen LogP contribution in [0.3, 0.4) is 0 Å². The Morgan fingerprint density at radius 3 is 2.47 bits per heavy atom. The highest BCUT2D eigenvalue weighted by Crippen LogP contribution is 2.36. The molecule has 7 heteroatoms. The second kappa shape index (κ2) is 5.48. The summed E-state index contributed by atoms with van der Waals surface area (Å²) in [5.41, 5.74) is 4.47. The lowest BCUT2D eigenvalue weighted by Crippen LogP contribution is -2.23. The number of hydrogen-bond donors (Lipinski definition) is 2. The molecule has 1 atom stereocenters. The number of carboxylic acids is 1. The molecule has 106 valence electrons. The van der Waals surface area contributed by atoms with Crippen molar-refractivity contribution in [3.05, 3.63) is 29.1 Å². The van der Waals surface area contributed by atoms with Crippen molar-refractivity contribution in [1.82, 2.24) is 0 Å². The average Bonchev–Trinajstić information content (AvgIpc) is 2.27. The number of hydrogen-bond acceptors (Lipinski definition) is 3. The van der Waals surface area contributed by atoms with Crippen molar-refractivity contribution in [2.24, 2.45) is 5.73 Å². The van der Waals surface area contributed by atoms with E-state index in [1.54, 1.807) is 0 Å². The fourth-order valence-corrected chi connectivity index (χ4v) is 1.70. The molecule has 0 aromatic heterocycles. The van der Waals surface area contributed by atoms with Crippen LogP contribution in [0.15, 0.2) is 12.1 Å². The number of benzene rings is 1. The molecule has 0 bridgehead atoms. The van der Waals surface area contributed by atoms with Gasteiger partial charge < -0.3 is 15.6 Å². The molecule has 1 aromatic carbocycles. The second-order valence-electron chi connectivity index (χ2n) is 4.10. The van der Waals surface area contributed by atoms with Crippen LogP contribution < -0.4 is 10.5 Å². The van der Waals surface area contributed by atoms with Gasteiger partial charge in [0, 0.05) is 24.6 Å². The van der Waals surface area contributed by atoms with E-state index >= 15 is 0 Å². The van der Waals surface area contributed by atoms with E-state index in [0.29, 0.717) is 13.0 Å². The molecule has 0 spiro atoms. The lowest BCUT2D eigenvalue weighted by molar-refractivity contribution is -0.138. The highest BCUT2D eigenvalue weighted by atomic mass is 19.3. The molecule has 1 unspecified atom stereocenters. The predicted molar refractivity (Wildman–Crippen MR) is 62.0 cm³/mol. The van der Waals surface area contributed by atoms with Crippen molar-refractivity contribution in [2.45, 2.75) is 18.8 Å². The zero-order valence-corrected chi connectivity index (χ0v) is 10.4. The number of aliphatic carboxylic acids is 1. The standard InChI is InChI=1S/C12H14F3NO3/c1-12(14,15)6-3-7(8(5-16)11(17)18)10(19-2)9(13)4-6/h3-4,8H,5,16H2,1-2H3,(H,17,18). The Hall–Kier alpha value is -1.76. The van der Waals surface area contributed by atoms with Gasteiger partial charge >= 0.3 is 5.97 Å². The van der Waals surface area contributed by atoms with Crippen LogP contribution in [0.25, 0.3) is 0 Å². The van der Waals surface area contributed by atoms with Crippen LogP contribution >= 0.6 is 0 Å². The van der Waals surface area contributed by atoms with E-state index < -0.39 is 29.2 Å². The number of methoxy groups -OCH3 is 1. The first kappa shape index (κ1) is 15.3. The molecule has 0 aliphatic heterocycles. The minimum atomic E-state index is -3.29. The summed E-state index contributed by atoms with van der Waals surface area (Å²) in [6.45, 7) is 0.236. The van der Waals surface area contributed by atoms with E-state index in [9.17, 15) is 18.0 Å². The van der Waals surface area contributed by atoms with Gasteiger partial charge in [0.25, 0.3) is 5.92 Å². The molecular formula is C12H14F3NO3. The van der Waals surface area contributed by atoms with E-state index in [1.807, 2.05) is 0 Å². The molecule has 1 aromatic rings. The van der Waals surface area contributed by atoms with E-state index in [-0.39, 0.29) is 17.9 Å². The van der Waals surface area contributed by atoms with Gasteiger partial charge in [-0.3, -0.25) is 4.79 Å². The van der Waals surface area contributed by atoms with Crippen molar-refractivity contribution in [3.63, 3.8) is 0 Å². The number of nitrogens with two attached hydrogens (primary N) is 1. The van der Waals surface area contributed by atoms with E-state index in [4.69, 9.17) is 15.6 Å². The molecule has 0 saturated heterocycles. The maximum atomic E-state index is 13.7. The number of carboxylic acid groups (broad SMARTS) is 1. The molecule has 0 heterocycles. The molecule has 1 rings (SSSR count). The van der Waals surface area contributed by atoms with Crippen molar-refractivity contribution >= 4 is 5.97 Å². The van der Waals surface area contributed by atoms with Gasteiger partial charge in [0.15, 0.2) is 11.6 Å². The van der Waals surface area contributed by atoms with Gasteiger partial charge in [-0.25, -0.2) is 13.2 Å². The summed E-state index contributed by atoms with van der Waals surface area (Å²) >= 11 is 0. The Morgan fingerprint density at radius 1 is 1.53 bits per heavy atom. The van der Waals surface area contributed by atoms with Gasteiger partial charge in [-0.15, -0.1) is 0 Å². The van der Waals surface area contributed by atoms with Crippen LogP contribution in [0.2, 0.25) is 0 Å². The Labute approximate surface area is 108 Å². The molecule has 0 amide bonds. The number of rotatable bonds is 5. The van der Waals surface area contributed by atoms with Gasteiger partial charge in [0.05, 0.1) is 13.0 Å². The molecule has 19 heavy (non-hydrogen) atoms. The molecule has 0 aliphatic rings. The number of carbonyl (C=O) groups is 1. The minimum absolute atomic E-state index is 0.200. The van der Waals surface area contributed by atoms with E-state index in [0.717, 1.165) is 13.2 Å². The maximum absolute atomic E-state index is 13.7. The SMILES string of the molecule is COc1c(F)cc(C(C)(F)F)cc1C(CN)C(=O)O. The molecule has 0 fully saturated rings. The topological polar surface area (TPSA) is 72.5 Å². The summed E-state index contributed by atoms with van der Waals surface area (Å²) in [5.74, 6) is -7.37. The summed E-state index contributed by atoms with van der Waals surface area (Å²) in [6.07, 6.45) is 0. The van der Waals surface area contributed by atoms with Gasteiger partial charge in [-0.05, 0) is 12.1 Å². The lowest BCUT2D eigenvalue weighted by Gasteiger charge is -2.19. The van der Waals surface area contributed by atoms with Crippen LogP contribution in [0.4, 0.5) is 13.2 Å². The van der Waals surface area contributed by atoms with Crippen molar-refractivity contribution < 1.29 is 27.8 Å². The lowest BCUT2D eigenvalue weighted by atomic mass is 9.94. The zero-order chi connectivity index (χ0) is 14.8. The molecule has 0 saturated carbocycles. The van der Waals surface area contributed by atoms with Crippen LogP contribution in [0.5, 0.6) is 5.75 Å². The predicted octanol–water partition coefficient (Wildman–Crippen LogP) is 2.07. The Balaban J connectivity index is 3.50. The first-order chi connectivity index (χ1) is 8.72. The Kier molecular flexibility index (Phi) is 4.41. The largest absolute Gasteiger partial charge is 0.493 e. The van der Waals surface area contributed by atoms with Crippen molar-refractivity contribution in [3.8, 4) is 5.75 Å². The van der Waals surface area contributed by atoms with E-state index in [1.165, 1.54) is 0 Å². The van der Waals surface area contributed by atoms with Crippen molar-refractivity contribution in [1.29, 1.82) is 0 Å². The monoisotopic (exact) mass is 277 g/mol. The number of alkyl halides is 2. The molecule has 0 radical (unpaired) electrons. The molecule has 3 N–H and O–H groups in total. The molecule has 4 nitrogen and oxygen atoms in total. The zero-order valence-electron chi connectivity index (χ0n) is 10.4.